The third-order valence-corrected chi connectivity index (χ3v) is 2.16. The summed E-state index contributed by atoms with van der Waals surface area (Å²) in [5.74, 6) is 1.57. The van der Waals surface area contributed by atoms with Gasteiger partial charge in [-0.3, -0.25) is 0 Å². The van der Waals surface area contributed by atoms with E-state index in [0.717, 1.165) is 17.1 Å². The lowest BCUT2D eigenvalue weighted by molar-refractivity contribution is 0.482. The third-order valence-electron chi connectivity index (χ3n) is 2.16. The average molecular weight is 209 g/mol. The van der Waals surface area contributed by atoms with Crippen LogP contribution in [0, 0.1) is 11.3 Å². The lowest BCUT2D eigenvalue weighted by Crippen LogP contribution is -1.86. The Balaban J connectivity index is 2.16. The molecule has 0 aromatic heterocycles. The van der Waals surface area contributed by atoms with E-state index in [-0.39, 0.29) is 0 Å². The summed E-state index contributed by atoms with van der Waals surface area (Å²) in [7, 11) is 0. The molecule has 2 heteroatoms. The van der Waals surface area contributed by atoms with E-state index in [1.165, 1.54) is 0 Å². The summed E-state index contributed by atoms with van der Waals surface area (Å²) in [6.07, 6.45) is 0.409. The number of ether oxygens (including phenoxy) is 1. The Bertz CT molecular complexity index is 500. The molecule has 78 valence electrons. The number of nitrogens with zero attached hydrogens (tertiary/aromatic N) is 1. The fourth-order valence-corrected chi connectivity index (χ4v) is 1.43. The number of nitriles is 1. The zero-order chi connectivity index (χ0) is 11.2. The molecule has 0 unspecified atom stereocenters. The molecule has 0 aliphatic carbocycles. The minimum absolute atomic E-state index is 0.409. The Morgan fingerprint density at radius 2 is 1.69 bits per heavy atom. The molecule has 0 atom stereocenters. The second-order valence-corrected chi connectivity index (χ2v) is 3.40. The number of para-hydroxylation sites is 1. The van der Waals surface area contributed by atoms with Gasteiger partial charge in [0.05, 0.1) is 12.5 Å². The van der Waals surface area contributed by atoms with Crippen molar-refractivity contribution in [3.8, 4) is 17.6 Å². The Labute approximate surface area is 94.7 Å². The summed E-state index contributed by atoms with van der Waals surface area (Å²) in [5, 5.41) is 8.61. The summed E-state index contributed by atoms with van der Waals surface area (Å²) in [5.41, 5.74) is 0.968. The highest BCUT2D eigenvalue weighted by atomic mass is 16.5. The Morgan fingerprint density at radius 1 is 0.938 bits per heavy atom. The van der Waals surface area contributed by atoms with Crippen LogP contribution in [-0.2, 0) is 6.42 Å². The molecule has 2 nitrogen and oxygen atoms in total. The van der Waals surface area contributed by atoms with Gasteiger partial charge >= 0.3 is 0 Å². The molecule has 0 heterocycles. The third kappa shape index (κ3) is 2.61. The lowest BCUT2D eigenvalue weighted by Gasteiger charge is -2.05. The van der Waals surface area contributed by atoms with Crippen molar-refractivity contribution in [1.82, 2.24) is 0 Å². The van der Waals surface area contributed by atoms with Gasteiger partial charge in [0.25, 0.3) is 0 Å². The van der Waals surface area contributed by atoms with Crippen molar-refractivity contribution < 1.29 is 4.74 Å². The van der Waals surface area contributed by atoms with Crippen LogP contribution in [0.15, 0.2) is 54.6 Å². The average Bonchev–Trinajstić information content (AvgIpc) is 2.31. The molecule has 0 aliphatic heterocycles. The largest absolute Gasteiger partial charge is 0.457 e. The van der Waals surface area contributed by atoms with Crippen molar-refractivity contribution in [2.45, 2.75) is 6.42 Å². The number of benzene rings is 2. The predicted octanol–water partition coefficient (Wildman–Crippen LogP) is 3.54. The van der Waals surface area contributed by atoms with Crippen molar-refractivity contribution in [3.05, 3.63) is 60.2 Å². The monoisotopic (exact) mass is 209 g/mol. The SMILES string of the molecule is N#CCc1cccc(Oc2ccccc2)c1. The van der Waals surface area contributed by atoms with Crippen LogP contribution in [0.3, 0.4) is 0 Å². The van der Waals surface area contributed by atoms with Crippen LogP contribution in [0.2, 0.25) is 0 Å². The van der Waals surface area contributed by atoms with Crippen molar-refractivity contribution in [1.29, 1.82) is 5.26 Å². The van der Waals surface area contributed by atoms with E-state index < -0.39 is 0 Å². The Hall–Kier alpha value is -2.27. The number of hydrogen-bond donors (Lipinski definition) is 0. The van der Waals surface area contributed by atoms with Gasteiger partial charge in [0, 0.05) is 0 Å². The van der Waals surface area contributed by atoms with Gasteiger partial charge in [-0.2, -0.15) is 5.26 Å². The van der Waals surface area contributed by atoms with E-state index in [1.807, 2.05) is 54.6 Å². The molecular formula is C14H11NO. The van der Waals surface area contributed by atoms with Crippen molar-refractivity contribution in [2.75, 3.05) is 0 Å². The zero-order valence-corrected chi connectivity index (χ0v) is 8.76. The van der Waals surface area contributed by atoms with Crippen LogP contribution in [0.25, 0.3) is 0 Å². The summed E-state index contributed by atoms with van der Waals surface area (Å²) in [4.78, 5) is 0. The van der Waals surface area contributed by atoms with Crippen LogP contribution in [-0.4, -0.2) is 0 Å². The molecule has 0 N–H and O–H groups in total. The summed E-state index contributed by atoms with van der Waals surface area (Å²) in [6, 6.07) is 19.3. The molecule has 0 amide bonds. The van der Waals surface area contributed by atoms with Crippen LogP contribution in [0.5, 0.6) is 11.5 Å². The quantitative estimate of drug-likeness (QED) is 0.774. The normalized spacial score (nSPS) is 9.44. The molecule has 0 fully saturated rings. The Morgan fingerprint density at radius 3 is 2.44 bits per heavy atom. The first-order chi connectivity index (χ1) is 7.88. The number of rotatable bonds is 3. The number of hydrogen-bond acceptors (Lipinski definition) is 2. The molecule has 2 aromatic carbocycles. The van der Waals surface area contributed by atoms with E-state index in [0.29, 0.717) is 6.42 Å². The minimum atomic E-state index is 0.409. The zero-order valence-electron chi connectivity index (χ0n) is 8.76. The summed E-state index contributed by atoms with van der Waals surface area (Å²) in [6.45, 7) is 0. The smallest absolute Gasteiger partial charge is 0.127 e. The fourth-order valence-electron chi connectivity index (χ4n) is 1.43. The lowest BCUT2D eigenvalue weighted by atomic mass is 10.1. The van der Waals surface area contributed by atoms with E-state index >= 15 is 0 Å². The molecular weight excluding hydrogens is 198 g/mol. The first kappa shape index (κ1) is 10.3. The fraction of sp³-hybridized carbons (Fsp3) is 0.0714. The van der Waals surface area contributed by atoms with Crippen LogP contribution in [0.1, 0.15) is 5.56 Å². The first-order valence-electron chi connectivity index (χ1n) is 5.07. The van der Waals surface area contributed by atoms with E-state index in [4.69, 9.17) is 10.00 Å². The van der Waals surface area contributed by atoms with Gasteiger partial charge in [0.1, 0.15) is 11.5 Å². The van der Waals surface area contributed by atoms with Crippen molar-refractivity contribution in [2.24, 2.45) is 0 Å². The molecule has 0 spiro atoms. The van der Waals surface area contributed by atoms with Crippen molar-refractivity contribution >= 4 is 0 Å². The van der Waals surface area contributed by atoms with Crippen molar-refractivity contribution in [3.63, 3.8) is 0 Å². The second kappa shape index (κ2) is 4.99. The van der Waals surface area contributed by atoms with E-state index in [2.05, 4.69) is 6.07 Å². The molecule has 2 aromatic rings. The highest BCUT2D eigenvalue weighted by Gasteiger charge is 1.98. The van der Waals surface area contributed by atoms with Gasteiger partial charge in [-0.05, 0) is 29.8 Å². The maximum atomic E-state index is 8.61. The standard InChI is InChI=1S/C14H11NO/c15-10-9-12-5-4-8-14(11-12)16-13-6-2-1-3-7-13/h1-8,11H,9H2. The highest BCUT2D eigenvalue weighted by Crippen LogP contribution is 2.21. The topological polar surface area (TPSA) is 33.0 Å². The molecule has 0 radical (unpaired) electrons. The van der Waals surface area contributed by atoms with Gasteiger partial charge < -0.3 is 4.74 Å². The van der Waals surface area contributed by atoms with Gasteiger partial charge in [-0.25, -0.2) is 0 Å². The minimum Gasteiger partial charge on any atom is -0.457 e. The summed E-state index contributed by atoms with van der Waals surface area (Å²) < 4.78 is 5.66. The maximum absolute atomic E-state index is 8.61. The van der Waals surface area contributed by atoms with Gasteiger partial charge in [0.2, 0.25) is 0 Å². The maximum Gasteiger partial charge on any atom is 0.127 e. The van der Waals surface area contributed by atoms with Gasteiger partial charge in [-0.1, -0.05) is 30.3 Å². The molecule has 2 rings (SSSR count). The van der Waals surface area contributed by atoms with Crippen LogP contribution in [0.4, 0.5) is 0 Å². The predicted molar refractivity (Wildman–Crippen MR) is 62.3 cm³/mol. The van der Waals surface area contributed by atoms with Crippen LogP contribution < -0.4 is 4.74 Å². The summed E-state index contributed by atoms with van der Waals surface area (Å²) >= 11 is 0. The van der Waals surface area contributed by atoms with Crippen LogP contribution >= 0.6 is 0 Å². The van der Waals surface area contributed by atoms with Gasteiger partial charge in [0.15, 0.2) is 0 Å². The molecule has 0 saturated heterocycles. The molecule has 16 heavy (non-hydrogen) atoms. The molecule has 0 bridgehead atoms. The van der Waals surface area contributed by atoms with Gasteiger partial charge in [-0.15, -0.1) is 0 Å². The first-order valence-corrected chi connectivity index (χ1v) is 5.07. The second-order valence-electron chi connectivity index (χ2n) is 3.40. The van der Waals surface area contributed by atoms with E-state index in [9.17, 15) is 0 Å². The molecule has 0 saturated carbocycles. The van der Waals surface area contributed by atoms with E-state index in [1.54, 1.807) is 0 Å². The molecule has 0 aliphatic rings. The Kier molecular flexibility index (Phi) is 3.20. The highest BCUT2D eigenvalue weighted by molar-refractivity contribution is 5.34.